The van der Waals surface area contributed by atoms with E-state index < -0.39 is 0 Å². The summed E-state index contributed by atoms with van der Waals surface area (Å²) in [5.41, 5.74) is 5.85. The summed E-state index contributed by atoms with van der Waals surface area (Å²) in [5, 5.41) is 0. The molecule has 1 aliphatic heterocycles. The molecule has 2 fully saturated rings. The van der Waals surface area contributed by atoms with Gasteiger partial charge >= 0.3 is 0 Å². The molecule has 2 unspecified atom stereocenters. The van der Waals surface area contributed by atoms with Crippen LogP contribution in [-0.2, 0) is 4.74 Å². The summed E-state index contributed by atoms with van der Waals surface area (Å²) in [4.78, 5) is 2.46. The summed E-state index contributed by atoms with van der Waals surface area (Å²) in [6, 6.07) is 1.22. The normalized spacial score (nSPS) is 30.6. The molecule has 1 aliphatic carbocycles. The van der Waals surface area contributed by atoms with Crippen LogP contribution in [0.4, 0.5) is 0 Å². The lowest BCUT2D eigenvalue weighted by atomic mass is 9.90. The van der Waals surface area contributed by atoms with E-state index in [-0.39, 0.29) is 0 Å². The highest BCUT2D eigenvalue weighted by Gasteiger charge is 2.33. The van der Waals surface area contributed by atoms with Gasteiger partial charge in [-0.3, -0.25) is 4.90 Å². The van der Waals surface area contributed by atoms with Gasteiger partial charge in [-0.15, -0.1) is 0 Å². The van der Waals surface area contributed by atoms with Crippen molar-refractivity contribution in [1.82, 2.24) is 4.90 Å². The average molecular weight is 198 g/mol. The molecular formula is C11H22N2O. The van der Waals surface area contributed by atoms with E-state index in [4.69, 9.17) is 10.5 Å². The van der Waals surface area contributed by atoms with Crippen LogP contribution < -0.4 is 5.73 Å². The SMILES string of the molecule is CN(C1CCC1)C(CN)C1CCCO1. The van der Waals surface area contributed by atoms with Gasteiger partial charge < -0.3 is 10.5 Å². The lowest BCUT2D eigenvalue weighted by molar-refractivity contribution is 0.00532. The van der Waals surface area contributed by atoms with E-state index in [0.29, 0.717) is 12.1 Å². The summed E-state index contributed by atoms with van der Waals surface area (Å²) >= 11 is 0. The first-order valence-electron chi connectivity index (χ1n) is 5.86. The van der Waals surface area contributed by atoms with Crippen LogP contribution in [0.5, 0.6) is 0 Å². The Morgan fingerprint density at radius 3 is 2.57 bits per heavy atom. The fourth-order valence-electron chi connectivity index (χ4n) is 2.55. The molecule has 0 bridgehead atoms. The first-order valence-corrected chi connectivity index (χ1v) is 5.86. The molecule has 1 heterocycles. The van der Waals surface area contributed by atoms with Crippen molar-refractivity contribution in [3.8, 4) is 0 Å². The van der Waals surface area contributed by atoms with E-state index in [1.54, 1.807) is 0 Å². The zero-order valence-electron chi connectivity index (χ0n) is 9.11. The van der Waals surface area contributed by atoms with Crippen LogP contribution in [0.1, 0.15) is 32.1 Å². The summed E-state index contributed by atoms with van der Waals surface area (Å²) in [6.45, 7) is 1.66. The van der Waals surface area contributed by atoms with Crippen LogP contribution in [0.15, 0.2) is 0 Å². The zero-order chi connectivity index (χ0) is 9.97. The first kappa shape index (κ1) is 10.4. The minimum Gasteiger partial charge on any atom is -0.377 e. The van der Waals surface area contributed by atoms with Crippen LogP contribution >= 0.6 is 0 Å². The second-order valence-electron chi connectivity index (χ2n) is 4.60. The van der Waals surface area contributed by atoms with Gasteiger partial charge in [0.2, 0.25) is 0 Å². The molecule has 0 spiro atoms. The third-order valence-corrected chi connectivity index (χ3v) is 3.81. The number of likely N-dealkylation sites (N-methyl/N-ethyl adjacent to an activating group) is 1. The van der Waals surface area contributed by atoms with Gasteiger partial charge in [-0.25, -0.2) is 0 Å². The molecule has 2 rings (SSSR count). The fourth-order valence-corrected chi connectivity index (χ4v) is 2.55. The monoisotopic (exact) mass is 198 g/mol. The fraction of sp³-hybridized carbons (Fsp3) is 1.00. The summed E-state index contributed by atoms with van der Waals surface area (Å²) < 4.78 is 5.72. The van der Waals surface area contributed by atoms with Crippen LogP contribution in [-0.4, -0.2) is 43.3 Å². The van der Waals surface area contributed by atoms with Gasteiger partial charge in [0, 0.05) is 25.2 Å². The van der Waals surface area contributed by atoms with E-state index in [1.165, 1.54) is 32.1 Å². The third-order valence-electron chi connectivity index (χ3n) is 3.81. The van der Waals surface area contributed by atoms with Crippen LogP contribution in [0.3, 0.4) is 0 Å². The van der Waals surface area contributed by atoms with Crippen molar-refractivity contribution in [2.24, 2.45) is 5.73 Å². The van der Waals surface area contributed by atoms with Crippen molar-refractivity contribution in [3.05, 3.63) is 0 Å². The number of hydrogen-bond acceptors (Lipinski definition) is 3. The maximum absolute atomic E-state index is 5.85. The Hall–Kier alpha value is -0.120. The average Bonchev–Trinajstić information content (AvgIpc) is 2.55. The predicted octanol–water partition coefficient (Wildman–Crippen LogP) is 0.977. The van der Waals surface area contributed by atoms with Gasteiger partial charge in [-0.05, 0) is 32.7 Å². The van der Waals surface area contributed by atoms with Gasteiger partial charge in [0.15, 0.2) is 0 Å². The Kier molecular flexibility index (Phi) is 3.42. The molecule has 0 aromatic carbocycles. The lowest BCUT2D eigenvalue weighted by Crippen LogP contribution is -2.52. The highest BCUT2D eigenvalue weighted by molar-refractivity contribution is 4.88. The largest absolute Gasteiger partial charge is 0.377 e. The summed E-state index contributed by atoms with van der Waals surface area (Å²) in [5.74, 6) is 0. The lowest BCUT2D eigenvalue weighted by Gasteiger charge is -2.41. The molecule has 2 atom stereocenters. The van der Waals surface area contributed by atoms with E-state index >= 15 is 0 Å². The van der Waals surface area contributed by atoms with Crippen molar-refractivity contribution in [1.29, 1.82) is 0 Å². The summed E-state index contributed by atoms with van der Waals surface area (Å²) in [7, 11) is 2.21. The highest BCUT2D eigenvalue weighted by Crippen LogP contribution is 2.28. The molecule has 1 saturated carbocycles. The molecule has 2 aliphatic rings. The molecule has 2 N–H and O–H groups in total. The van der Waals surface area contributed by atoms with Gasteiger partial charge in [0.25, 0.3) is 0 Å². The molecule has 82 valence electrons. The van der Waals surface area contributed by atoms with Crippen molar-refractivity contribution < 1.29 is 4.74 Å². The molecule has 1 saturated heterocycles. The number of hydrogen-bond donors (Lipinski definition) is 1. The minimum atomic E-state index is 0.394. The Labute approximate surface area is 86.6 Å². The molecule has 0 amide bonds. The zero-order valence-corrected chi connectivity index (χ0v) is 9.11. The van der Waals surface area contributed by atoms with Gasteiger partial charge in [0.1, 0.15) is 0 Å². The number of nitrogens with two attached hydrogens (primary N) is 1. The second-order valence-corrected chi connectivity index (χ2v) is 4.60. The standard InChI is InChI=1S/C11H22N2O/c1-13(9-4-2-5-9)10(8-12)11-6-3-7-14-11/h9-11H,2-8,12H2,1H3. The molecule has 3 nitrogen and oxygen atoms in total. The number of rotatable bonds is 4. The van der Waals surface area contributed by atoms with Crippen molar-refractivity contribution >= 4 is 0 Å². The van der Waals surface area contributed by atoms with Crippen molar-refractivity contribution in [2.45, 2.75) is 50.3 Å². The molecule has 0 aromatic heterocycles. The van der Waals surface area contributed by atoms with Crippen LogP contribution in [0.2, 0.25) is 0 Å². The molecule has 0 radical (unpaired) electrons. The first-order chi connectivity index (χ1) is 6.83. The van der Waals surface area contributed by atoms with Gasteiger partial charge in [-0.2, -0.15) is 0 Å². The molecule has 14 heavy (non-hydrogen) atoms. The molecular weight excluding hydrogens is 176 g/mol. The van der Waals surface area contributed by atoms with E-state index in [9.17, 15) is 0 Å². The Bertz CT molecular complexity index is 176. The van der Waals surface area contributed by atoms with Crippen LogP contribution in [0, 0.1) is 0 Å². The molecule has 0 aromatic rings. The van der Waals surface area contributed by atoms with E-state index in [2.05, 4.69) is 11.9 Å². The van der Waals surface area contributed by atoms with Crippen LogP contribution in [0.25, 0.3) is 0 Å². The molecule has 3 heteroatoms. The predicted molar refractivity (Wildman–Crippen MR) is 57.2 cm³/mol. The second kappa shape index (κ2) is 4.60. The quantitative estimate of drug-likeness (QED) is 0.731. The Morgan fingerprint density at radius 2 is 2.14 bits per heavy atom. The highest BCUT2D eigenvalue weighted by atomic mass is 16.5. The smallest absolute Gasteiger partial charge is 0.0743 e. The third kappa shape index (κ3) is 1.95. The minimum absolute atomic E-state index is 0.394. The van der Waals surface area contributed by atoms with Gasteiger partial charge in [0.05, 0.1) is 6.10 Å². The maximum atomic E-state index is 5.85. The number of ether oxygens (including phenoxy) is 1. The van der Waals surface area contributed by atoms with Crippen molar-refractivity contribution in [3.63, 3.8) is 0 Å². The maximum Gasteiger partial charge on any atom is 0.0743 e. The Balaban J connectivity index is 1.89. The Morgan fingerprint density at radius 1 is 1.36 bits per heavy atom. The van der Waals surface area contributed by atoms with E-state index in [0.717, 1.165) is 19.2 Å². The topological polar surface area (TPSA) is 38.5 Å². The van der Waals surface area contributed by atoms with Crippen molar-refractivity contribution in [2.75, 3.05) is 20.2 Å². The number of nitrogens with zero attached hydrogens (tertiary/aromatic N) is 1. The summed E-state index contributed by atoms with van der Waals surface area (Å²) in [6.07, 6.45) is 6.88. The van der Waals surface area contributed by atoms with E-state index in [1.807, 2.05) is 0 Å². The van der Waals surface area contributed by atoms with Gasteiger partial charge in [-0.1, -0.05) is 6.42 Å².